The predicted molar refractivity (Wildman–Crippen MR) is 107 cm³/mol. The number of nitrogens with zero attached hydrogens (tertiary/aromatic N) is 3. The minimum atomic E-state index is 0.0782. The zero-order valence-electron chi connectivity index (χ0n) is 16.4. The number of hydrogen-bond acceptors (Lipinski definition) is 7. The Bertz CT molecular complexity index is 762. The van der Waals surface area contributed by atoms with Crippen LogP contribution in [0.3, 0.4) is 0 Å². The molecule has 4 rings (SSSR count). The first-order valence-electron chi connectivity index (χ1n) is 9.93. The van der Waals surface area contributed by atoms with Crippen LogP contribution in [-0.4, -0.2) is 47.5 Å². The van der Waals surface area contributed by atoms with E-state index in [4.69, 9.17) is 4.74 Å². The van der Waals surface area contributed by atoms with Gasteiger partial charge in [0.05, 0.1) is 19.2 Å². The molecule has 0 aliphatic carbocycles. The third-order valence-electron chi connectivity index (χ3n) is 5.48. The summed E-state index contributed by atoms with van der Waals surface area (Å²) in [5.41, 5.74) is 8.08. The van der Waals surface area contributed by atoms with E-state index in [-0.39, 0.29) is 24.2 Å². The average molecular weight is 384 g/mol. The number of methoxy groups -OCH3 is 1. The van der Waals surface area contributed by atoms with Crippen LogP contribution in [0.5, 0.6) is 5.75 Å². The highest BCUT2D eigenvalue weighted by atomic mass is 16.5. The number of carbonyl (C=O) groups excluding carboxylic acids is 1. The van der Waals surface area contributed by atoms with Crippen molar-refractivity contribution in [2.45, 2.75) is 50.9 Å². The summed E-state index contributed by atoms with van der Waals surface area (Å²) in [6.45, 7) is 2.78. The van der Waals surface area contributed by atoms with Gasteiger partial charge in [0, 0.05) is 31.8 Å². The van der Waals surface area contributed by atoms with E-state index in [1.54, 1.807) is 7.11 Å². The minimum absolute atomic E-state index is 0.0782. The zero-order chi connectivity index (χ0) is 19.5. The normalized spacial score (nSPS) is 25.1. The molecule has 1 fully saturated rings. The lowest BCUT2D eigenvalue weighted by Crippen LogP contribution is -2.54. The van der Waals surface area contributed by atoms with Gasteiger partial charge in [0.15, 0.2) is 0 Å². The number of benzene rings is 1. The van der Waals surface area contributed by atoms with Gasteiger partial charge in [-0.3, -0.25) is 10.2 Å². The molecule has 8 nitrogen and oxygen atoms in total. The van der Waals surface area contributed by atoms with Crippen molar-refractivity contribution in [3.8, 4) is 5.75 Å². The molecular formula is C20H28N6O2. The van der Waals surface area contributed by atoms with Crippen molar-refractivity contribution < 1.29 is 9.53 Å². The third-order valence-corrected chi connectivity index (χ3v) is 5.48. The van der Waals surface area contributed by atoms with Gasteiger partial charge in [0.25, 0.3) is 0 Å². The fraction of sp³-hybridized carbons (Fsp3) is 0.500. The average Bonchev–Trinajstić information content (AvgIpc) is 3.34. The smallest absolute Gasteiger partial charge is 0.220 e. The van der Waals surface area contributed by atoms with Gasteiger partial charge < -0.3 is 20.0 Å². The number of carbonyl (C=O) groups is 1. The molecule has 3 unspecified atom stereocenters. The fourth-order valence-corrected chi connectivity index (χ4v) is 3.94. The van der Waals surface area contributed by atoms with Gasteiger partial charge in [-0.2, -0.15) is 5.10 Å². The van der Waals surface area contributed by atoms with Gasteiger partial charge in [-0.05, 0) is 30.5 Å². The summed E-state index contributed by atoms with van der Waals surface area (Å²) in [4.78, 5) is 14.1. The van der Waals surface area contributed by atoms with Crippen LogP contribution in [0.4, 0.5) is 0 Å². The topological polar surface area (TPSA) is 81.2 Å². The number of rotatable bonds is 7. The van der Waals surface area contributed by atoms with Crippen molar-refractivity contribution in [2.75, 3.05) is 13.7 Å². The highest BCUT2D eigenvalue weighted by Crippen LogP contribution is 2.34. The van der Waals surface area contributed by atoms with Crippen molar-refractivity contribution in [3.63, 3.8) is 0 Å². The summed E-state index contributed by atoms with van der Waals surface area (Å²) < 4.78 is 5.25. The zero-order valence-corrected chi connectivity index (χ0v) is 16.4. The van der Waals surface area contributed by atoms with E-state index in [1.807, 2.05) is 18.3 Å². The highest BCUT2D eigenvalue weighted by Gasteiger charge is 2.44. The van der Waals surface area contributed by atoms with Crippen molar-refractivity contribution in [1.82, 2.24) is 26.1 Å². The first-order chi connectivity index (χ1) is 13.7. The molecule has 1 aromatic carbocycles. The molecule has 3 atom stereocenters. The van der Waals surface area contributed by atoms with Crippen LogP contribution < -0.4 is 20.9 Å². The van der Waals surface area contributed by atoms with Crippen molar-refractivity contribution >= 4 is 11.7 Å². The van der Waals surface area contributed by atoms with Crippen LogP contribution in [0.2, 0.25) is 0 Å². The second-order valence-corrected chi connectivity index (χ2v) is 7.32. The van der Waals surface area contributed by atoms with Gasteiger partial charge in [0.2, 0.25) is 5.91 Å². The first-order valence-corrected chi connectivity index (χ1v) is 9.93. The second-order valence-electron chi connectivity index (χ2n) is 7.32. The molecule has 1 amide bonds. The summed E-state index contributed by atoms with van der Waals surface area (Å²) in [5, 5.41) is 9.59. The first kappa shape index (κ1) is 18.6. The molecule has 3 aliphatic rings. The maximum absolute atomic E-state index is 11.9. The minimum Gasteiger partial charge on any atom is -0.497 e. The Balaban J connectivity index is 1.36. The molecule has 0 aromatic heterocycles. The SMILES string of the molecule is CCCNC(=O)CCC1=NNC2C3CC(c4ccc(OC)cc4)NN3C=CN12. The van der Waals surface area contributed by atoms with Crippen LogP contribution in [0.15, 0.2) is 41.8 Å². The van der Waals surface area contributed by atoms with E-state index in [0.29, 0.717) is 12.8 Å². The number of ether oxygens (including phenoxy) is 1. The monoisotopic (exact) mass is 384 g/mol. The summed E-state index contributed by atoms with van der Waals surface area (Å²) in [6, 6.07) is 8.70. The van der Waals surface area contributed by atoms with Gasteiger partial charge in [-0.25, -0.2) is 5.43 Å². The van der Waals surface area contributed by atoms with Crippen LogP contribution in [0.1, 0.15) is 44.2 Å². The summed E-state index contributed by atoms with van der Waals surface area (Å²) in [5.74, 6) is 1.86. The largest absolute Gasteiger partial charge is 0.497 e. The number of fused-ring (bicyclic) bond motifs is 3. The molecular weight excluding hydrogens is 356 g/mol. The molecule has 0 radical (unpaired) electrons. The van der Waals surface area contributed by atoms with Crippen molar-refractivity contribution in [1.29, 1.82) is 0 Å². The van der Waals surface area contributed by atoms with Crippen LogP contribution in [0.25, 0.3) is 0 Å². The molecule has 3 aliphatic heterocycles. The standard InChI is InChI=1S/C20H28N6O2/c1-3-10-21-19(27)9-8-18-22-23-20-17-13-16(24-26(17)12-11-25(18)20)14-4-6-15(28-2)7-5-14/h4-7,11-12,16-17,20,23-24H,3,8-10,13H2,1-2H3,(H,21,27). The lowest BCUT2D eigenvalue weighted by atomic mass is 9.99. The Kier molecular flexibility index (Phi) is 5.38. The van der Waals surface area contributed by atoms with E-state index >= 15 is 0 Å². The lowest BCUT2D eigenvalue weighted by molar-refractivity contribution is -0.120. The van der Waals surface area contributed by atoms with E-state index in [2.05, 4.69) is 56.4 Å². The molecule has 8 heteroatoms. The third kappa shape index (κ3) is 3.64. The van der Waals surface area contributed by atoms with Gasteiger partial charge in [-0.1, -0.05) is 19.1 Å². The highest BCUT2D eigenvalue weighted by molar-refractivity contribution is 5.89. The molecule has 3 N–H and O–H groups in total. The van der Waals surface area contributed by atoms with Gasteiger partial charge in [0.1, 0.15) is 17.8 Å². The van der Waals surface area contributed by atoms with Crippen LogP contribution >= 0.6 is 0 Å². The van der Waals surface area contributed by atoms with Gasteiger partial charge in [-0.15, -0.1) is 0 Å². The van der Waals surface area contributed by atoms with E-state index in [0.717, 1.165) is 31.0 Å². The fourth-order valence-electron chi connectivity index (χ4n) is 3.94. The Morgan fingerprint density at radius 3 is 2.89 bits per heavy atom. The van der Waals surface area contributed by atoms with E-state index in [9.17, 15) is 4.79 Å². The van der Waals surface area contributed by atoms with Gasteiger partial charge >= 0.3 is 0 Å². The number of hydrogen-bond donors (Lipinski definition) is 3. The number of hydrazone groups is 1. The summed E-state index contributed by atoms with van der Waals surface area (Å²) >= 11 is 0. The maximum atomic E-state index is 11.9. The molecule has 0 saturated carbocycles. The Morgan fingerprint density at radius 1 is 1.32 bits per heavy atom. The molecule has 1 saturated heterocycles. The molecule has 1 aromatic rings. The molecule has 0 spiro atoms. The Labute approximate surface area is 165 Å². The molecule has 3 heterocycles. The van der Waals surface area contributed by atoms with Crippen molar-refractivity contribution in [2.24, 2.45) is 5.10 Å². The predicted octanol–water partition coefficient (Wildman–Crippen LogP) is 1.65. The second kappa shape index (κ2) is 8.10. The Hall–Kier alpha value is -2.74. The van der Waals surface area contributed by atoms with Crippen LogP contribution in [0, 0.1) is 0 Å². The molecule has 0 bridgehead atoms. The lowest BCUT2D eigenvalue weighted by Gasteiger charge is -2.37. The summed E-state index contributed by atoms with van der Waals surface area (Å²) in [6.07, 6.45) is 7.17. The molecule has 28 heavy (non-hydrogen) atoms. The van der Waals surface area contributed by atoms with Crippen LogP contribution in [-0.2, 0) is 4.79 Å². The number of hydrazine groups is 1. The molecule has 150 valence electrons. The quantitative estimate of drug-likeness (QED) is 0.663. The number of amides is 1. The summed E-state index contributed by atoms with van der Waals surface area (Å²) in [7, 11) is 1.68. The van der Waals surface area contributed by atoms with E-state index in [1.165, 1.54) is 5.56 Å². The maximum Gasteiger partial charge on any atom is 0.220 e. The number of nitrogens with one attached hydrogen (secondary N) is 3. The van der Waals surface area contributed by atoms with E-state index < -0.39 is 0 Å². The Morgan fingerprint density at radius 2 is 2.14 bits per heavy atom. The van der Waals surface area contributed by atoms with Crippen molar-refractivity contribution in [3.05, 3.63) is 42.2 Å². The number of amidine groups is 1.